The number of rotatable bonds is 3. The monoisotopic (exact) mass is 280 g/mol. The van der Waals surface area contributed by atoms with Crippen LogP contribution in [-0.4, -0.2) is 59.7 Å². The van der Waals surface area contributed by atoms with Gasteiger partial charge in [-0.1, -0.05) is 0 Å². The van der Waals surface area contributed by atoms with Crippen molar-refractivity contribution in [2.75, 3.05) is 59.8 Å². The van der Waals surface area contributed by atoms with Crippen LogP contribution in [0.1, 0.15) is 12.8 Å². The Morgan fingerprint density at radius 2 is 1.47 bits per heavy atom. The summed E-state index contributed by atoms with van der Waals surface area (Å²) in [5.74, 6) is 4.62. The number of aromatic nitrogens is 3. The van der Waals surface area contributed by atoms with Crippen LogP contribution in [0.25, 0.3) is 0 Å². The maximum absolute atomic E-state index is 4.67. The molecule has 7 heteroatoms. The molecule has 19 heavy (non-hydrogen) atoms. The highest BCUT2D eigenvalue weighted by atomic mass is 32.2. The molecule has 0 saturated carbocycles. The molecule has 0 aromatic carbocycles. The lowest BCUT2D eigenvalue weighted by atomic mass is 10.4. The molecule has 0 aliphatic carbocycles. The minimum Gasteiger partial charge on any atom is -0.357 e. The van der Waals surface area contributed by atoms with Gasteiger partial charge in [-0.05, 0) is 12.8 Å². The Balaban J connectivity index is 1.87. The van der Waals surface area contributed by atoms with Crippen molar-refractivity contribution < 1.29 is 0 Å². The van der Waals surface area contributed by atoms with E-state index in [9.17, 15) is 0 Å². The van der Waals surface area contributed by atoms with E-state index < -0.39 is 0 Å². The number of anilines is 3. The van der Waals surface area contributed by atoms with Crippen LogP contribution in [0.2, 0.25) is 0 Å². The second-order valence-corrected chi connectivity index (χ2v) is 6.03. The van der Waals surface area contributed by atoms with Gasteiger partial charge in [0.05, 0.1) is 0 Å². The van der Waals surface area contributed by atoms with E-state index in [1.165, 1.54) is 12.8 Å². The zero-order valence-electron chi connectivity index (χ0n) is 11.3. The fourth-order valence-corrected chi connectivity index (χ4v) is 3.33. The summed E-state index contributed by atoms with van der Waals surface area (Å²) in [5, 5.41) is 3.05. The predicted octanol–water partition coefficient (Wildman–Crippen LogP) is 1.07. The Morgan fingerprint density at radius 3 is 2.05 bits per heavy atom. The zero-order chi connectivity index (χ0) is 13.1. The van der Waals surface area contributed by atoms with Gasteiger partial charge in [0.1, 0.15) is 0 Å². The van der Waals surface area contributed by atoms with Crippen LogP contribution in [0.15, 0.2) is 0 Å². The number of nitrogens with zero attached hydrogens (tertiary/aromatic N) is 5. The molecule has 0 unspecified atom stereocenters. The zero-order valence-corrected chi connectivity index (χ0v) is 12.1. The van der Waals surface area contributed by atoms with Crippen molar-refractivity contribution in [2.24, 2.45) is 0 Å². The fraction of sp³-hybridized carbons (Fsp3) is 0.750. The van der Waals surface area contributed by atoms with E-state index in [2.05, 4.69) is 30.1 Å². The molecule has 1 aromatic rings. The maximum atomic E-state index is 4.67. The number of hydrogen-bond donors (Lipinski definition) is 1. The Labute approximate surface area is 118 Å². The molecule has 3 rings (SSSR count). The molecule has 0 spiro atoms. The topological polar surface area (TPSA) is 57.2 Å². The molecule has 2 aliphatic rings. The first-order valence-corrected chi connectivity index (χ1v) is 8.04. The van der Waals surface area contributed by atoms with Gasteiger partial charge in [0, 0.05) is 44.7 Å². The van der Waals surface area contributed by atoms with E-state index in [-0.39, 0.29) is 0 Å². The first kappa shape index (κ1) is 12.8. The molecule has 0 radical (unpaired) electrons. The van der Waals surface area contributed by atoms with Gasteiger partial charge >= 0.3 is 0 Å². The number of hydrogen-bond acceptors (Lipinski definition) is 7. The van der Waals surface area contributed by atoms with Gasteiger partial charge in [-0.3, -0.25) is 0 Å². The van der Waals surface area contributed by atoms with Gasteiger partial charge in [-0.25, -0.2) is 0 Å². The van der Waals surface area contributed by atoms with Gasteiger partial charge in [-0.15, -0.1) is 0 Å². The molecule has 2 saturated heterocycles. The fourth-order valence-electron chi connectivity index (χ4n) is 2.43. The van der Waals surface area contributed by atoms with Gasteiger partial charge in [0.15, 0.2) is 0 Å². The normalized spacial score (nSPS) is 19.8. The van der Waals surface area contributed by atoms with Gasteiger partial charge < -0.3 is 15.1 Å². The van der Waals surface area contributed by atoms with E-state index in [1.54, 1.807) is 0 Å². The average Bonchev–Trinajstić information content (AvgIpc) is 3.02. The predicted molar refractivity (Wildman–Crippen MR) is 80.4 cm³/mol. The second-order valence-electron chi connectivity index (χ2n) is 4.80. The minimum atomic E-state index is 0.671. The first-order valence-electron chi connectivity index (χ1n) is 6.88. The molecular formula is C12H20N6S. The summed E-state index contributed by atoms with van der Waals surface area (Å²) in [4.78, 5) is 18.2. The average molecular weight is 280 g/mol. The van der Waals surface area contributed by atoms with Crippen molar-refractivity contribution in [1.82, 2.24) is 15.0 Å². The van der Waals surface area contributed by atoms with Gasteiger partial charge in [0.25, 0.3) is 0 Å². The first-order chi connectivity index (χ1) is 9.36. The van der Waals surface area contributed by atoms with E-state index in [0.717, 1.165) is 49.6 Å². The second kappa shape index (κ2) is 5.81. The Bertz CT molecular complexity index is 428. The summed E-state index contributed by atoms with van der Waals surface area (Å²) in [6.07, 6.45) is 2.46. The molecule has 1 aromatic heterocycles. The Hall–Kier alpha value is -1.24. The van der Waals surface area contributed by atoms with Crippen molar-refractivity contribution in [3.05, 3.63) is 0 Å². The third kappa shape index (κ3) is 2.86. The summed E-state index contributed by atoms with van der Waals surface area (Å²) in [7, 11) is 1.86. The van der Waals surface area contributed by atoms with Crippen LogP contribution in [0.5, 0.6) is 0 Å². The van der Waals surface area contributed by atoms with Crippen LogP contribution in [0, 0.1) is 0 Å². The van der Waals surface area contributed by atoms with Gasteiger partial charge in [-0.2, -0.15) is 26.7 Å². The van der Waals surface area contributed by atoms with Crippen LogP contribution in [0.4, 0.5) is 17.8 Å². The molecule has 1 N–H and O–H groups in total. The Morgan fingerprint density at radius 1 is 0.895 bits per heavy atom. The standard InChI is InChI=1S/C12H20N6S/c1-13-10-14-11(17-4-2-3-5-17)16-12(15-10)18-6-8-19-9-7-18/h2-9H2,1H3,(H,13,14,15,16). The van der Waals surface area contributed by atoms with Crippen molar-refractivity contribution in [1.29, 1.82) is 0 Å². The Kier molecular flexibility index (Phi) is 3.91. The summed E-state index contributed by atoms with van der Waals surface area (Å²) in [6.45, 7) is 4.17. The molecule has 2 aliphatic heterocycles. The number of nitrogens with one attached hydrogen (secondary N) is 1. The largest absolute Gasteiger partial charge is 0.357 e. The third-order valence-electron chi connectivity index (χ3n) is 3.52. The summed E-state index contributed by atoms with van der Waals surface area (Å²) >= 11 is 1.99. The third-order valence-corrected chi connectivity index (χ3v) is 4.46. The van der Waals surface area contributed by atoms with E-state index in [4.69, 9.17) is 0 Å². The van der Waals surface area contributed by atoms with E-state index in [1.807, 2.05) is 18.8 Å². The van der Waals surface area contributed by atoms with Crippen LogP contribution in [-0.2, 0) is 0 Å². The van der Waals surface area contributed by atoms with E-state index >= 15 is 0 Å². The highest BCUT2D eigenvalue weighted by Gasteiger charge is 2.20. The molecule has 0 atom stereocenters. The lowest BCUT2D eigenvalue weighted by Crippen LogP contribution is -2.34. The smallest absolute Gasteiger partial charge is 0.232 e. The van der Waals surface area contributed by atoms with Crippen molar-refractivity contribution >= 4 is 29.6 Å². The number of thioether (sulfide) groups is 1. The highest BCUT2D eigenvalue weighted by Crippen LogP contribution is 2.22. The van der Waals surface area contributed by atoms with Crippen molar-refractivity contribution in [3.63, 3.8) is 0 Å². The lowest BCUT2D eigenvalue weighted by Gasteiger charge is -2.27. The summed E-state index contributed by atoms with van der Waals surface area (Å²) in [5.41, 5.74) is 0. The molecule has 2 fully saturated rings. The summed E-state index contributed by atoms with van der Waals surface area (Å²) < 4.78 is 0. The molecular weight excluding hydrogens is 260 g/mol. The van der Waals surface area contributed by atoms with Crippen LogP contribution in [0.3, 0.4) is 0 Å². The van der Waals surface area contributed by atoms with Gasteiger partial charge in [0.2, 0.25) is 17.8 Å². The summed E-state index contributed by atoms with van der Waals surface area (Å²) in [6, 6.07) is 0. The molecule has 104 valence electrons. The molecule has 0 bridgehead atoms. The quantitative estimate of drug-likeness (QED) is 0.888. The van der Waals surface area contributed by atoms with Crippen LogP contribution >= 0.6 is 11.8 Å². The van der Waals surface area contributed by atoms with E-state index in [0.29, 0.717) is 5.95 Å². The van der Waals surface area contributed by atoms with Crippen molar-refractivity contribution in [2.45, 2.75) is 12.8 Å². The maximum Gasteiger partial charge on any atom is 0.232 e. The van der Waals surface area contributed by atoms with Crippen molar-refractivity contribution in [3.8, 4) is 0 Å². The molecule has 3 heterocycles. The molecule has 0 amide bonds. The lowest BCUT2D eigenvalue weighted by molar-refractivity contribution is 0.794. The highest BCUT2D eigenvalue weighted by molar-refractivity contribution is 7.99. The molecule has 6 nitrogen and oxygen atoms in total. The minimum absolute atomic E-state index is 0.671. The SMILES string of the molecule is CNc1nc(N2CCCC2)nc(N2CCSCC2)n1. The van der Waals surface area contributed by atoms with Crippen LogP contribution < -0.4 is 15.1 Å².